The largest absolute Gasteiger partial charge is 0.468 e. The first kappa shape index (κ1) is 14.3. The summed E-state index contributed by atoms with van der Waals surface area (Å²) in [5.74, 6) is 2.01. The van der Waals surface area contributed by atoms with Crippen LogP contribution < -0.4 is 5.73 Å². The molecular weight excluding hydrogens is 212 g/mol. The molecule has 0 saturated carbocycles. The lowest BCUT2D eigenvalue weighted by atomic mass is 9.75. The van der Waals surface area contributed by atoms with Crippen LogP contribution in [0.25, 0.3) is 0 Å². The van der Waals surface area contributed by atoms with Gasteiger partial charge < -0.3 is 10.2 Å². The molecule has 1 aromatic rings. The third-order valence-corrected chi connectivity index (χ3v) is 4.01. The van der Waals surface area contributed by atoms with Crippen LogP contribution in [0.2, 0.25) is 0 Å². The summed E-state index contributed by atoms with van der Waals surface area (Å²) in [5, 5.41) is 0. The summed E-state index contributed by atoms with van der Waals surface area (Å²) in [5.41, 5.74) is 6.09. The molecule has 0 aliphatic rings. The molecule has 0 radical (unpaired) electrons. The molecule has 0 bridgehead atoms. The van der Waals surface area contributed by atoms with E-state index in [2.05, 4.69) is 39.6 Å². The third kappa shape index (κ3) is 2.72. The van der Waals surface area contributed by atoms with Crippen molar-refractivity contribution in [1.82, 2.24) is 4.90 Å². The van der Waals surface area contributed by atoms with Crippen LogP contribution in [0.15, 0.2) is 22.8 Å². The smallest absolute Gasteiger partial charge is 0.117 e. The van der Waals surface area contributed by atoms with Gasteiger partial charge in [-0.1, -0.05) is 27.7 Å². The second-order valence-electron chi connectivity index (χ2n) is 5.44. The highest BCUT2D eigenvalue weighted by atomic mass is 16.3. The van der Waals surface area contributed by atoms with E-state index >= 15 is 0 Å². The molecule has 0 spiro atoms. The van der Waals surface area contributed by atoms with Gasteiger partial charge in [0.25, 0.3) is 0 Å². The van der Waals surface area contributed by atoms with Crippen molar-refractivity contribution in [1.29, 1.82) is 0 Å². The van der Waals surface area contributed by atoms with E-state index in [1.807, 2.05) is 12.1 Å². The van der Waals surface area contributed by atoms with Crippen LogP contribution in [0.5, 0.6) is 0 Å². The van der Waals surface area contributed by atoms with Crippen LogP contribution in [0.3, 0.4) is 0 Å². The van der Waals surface area contributed by atoms with Gasteiger partial charge in [0, 0.05) is 12.1 Å². The van der Waals surface area contributed by atoms with E-state index in [9.17, 15) is 0 Å². The number of nitrogens with zero attached hydrogens (tertiary/aromatic N) is 1. The standard InChI is InChI=1S/C14H26N2O/c1-11(2)14(10-15,12(3)4)16(5)9-13-7-6-8-17-13/h6-8,11-12H,9-10,15H2,1-5H3. The van der Waals surface area contributed by atoms with Crippen molar-refractivity contribution in [3.8, 4) is 0 Å². The molecular formula is C14H26N2O. The maximum atomic E-state index is 6.07. The van der Waals surface area contributed by atoms with Crippen molar-refractivity contribution < 1.29 is 4.42 Å². The predicted octanol–water partition coefficient (Wildman–Crippen LogP) is 2.72. The van der Waals surface area contributed by atoms with E-state index in [4.69, 9.17) is 10.2 Å². The Bertz CT molecular complexity index is 309. The number of rotatable bonds is 6. The quantitative estimate of drug-likeness (QED) is 0.828. The van der Waals surface area contributed by atoms with Gasteiger partial charge in [-0.05, 0) is 31.0 Å². The van der Waals surface area contributed by atoms with Gasteiger partial charge in [0.2, 0.25) is 0 Å². The molecule has 2 N–H and O–H groups in total. The lowest BCUT2D eigenvalue weighted by Crippen LogP contribution is -2.59. The lowest BCUT2D eigenvalue weighted by Gasteiger charge is -2.47. The van der Waals surface area contributed by atoms with Gasteiger partial charge in [0.1, 0.15) is 5.76 Å². The van der Waals surface area contributed by atoms with Crippen molar-refractivity contribution in [2.45, 2.75) is 39.8 Å². The fourth-order valence-electron chi connectivity index (χ4n) is 2.96. The molecule has 1 heterocycles. The summed E-state index contributed by atoms with van der Waals surface area (Å²) < 4.78 is 5.42. The van der Waals surface area contributed by atoms with Crippen LogP contribution in [0.1, 0.15) is 33.5 Å². The van der Waals surface area contributed by atoms with E-state index < -0.39 is 0 Å². The highest BCUT2D eigenvalue weighted by molar-refractivity contribution is 5.02. The topological polar surface area (TPSA) is 42.4 Å². The molecule has 1 rings (SSSR count). The van der Waals surface area contributed by atoms with E-state index in [-0.39, 0.29) is 5.54 Å². The Balaban J connectivity index is 2.90. The molecule has 98 valence electrons. The fourth-order valence-corrected chi connectivity index (χ4v) is 2.96. The maximum Gasteiger partial charge on any atom is 0.117 e. The molecule has 17 heavy (non-hydrogen) atoms. The van der Waals surface area contributed by atoms with Crippen LogP contribution in [0.4, 0.5) is 0 Å². The zero-order valence-electron chi connectivity index (χ0n) is 11.7. The second-order valence-corrected chi connectivity index (χ2v) is 5.44. The molecule has 0 fully saturated rings. The van der Waals surface area contributed by atoms with Crippen LogP contribution in [-0.2, 0) is 6.54 Å². The minimum atomic E-state index is 0.0206. The Kier molecular flexibility index (Phi) is 4.78. The Morgan fingerprint density at radius 1 is 1.29 bits per heavy atom. The average Bonchev–Trinajstić information content (AvgIpc) is 2.70. The zero-order valence-corrected chi connectivity index (χ0v) is 11.7. The average molecular weight is 238 g/mol. The molecule has 0 aliphatic heterocycles. The first-order valence-corrected chi connectivity index (χ1v) is 6.38. The number of nitrogens with two attached hydrogens (primary N) is 1. The van der Waals surface area contributed by atoms with Gasteiger partial charge in [-0.15, -0.1) is 0 Å². The Morgan fingerprint density at radius 2 is 1.88 bits per heavy atom. The van der Waals surface area contributed by atoms with Crippen molar-refractivity contribution in [3.63, 3.8) is 0 Å². The molecule has 0 saturated heterocycles. The normalized spacial score (nSPS) is 13.0. The summed E-state index contributed by atoms with van der Waals surface area (Å²) in [6, 6.07) is 3.94. The van der Waals surface area contributed by atoms with Crippen LogP contribution in [-0.4, -0.2) is 24.0 Å². The number of furan rings is 1. The van der Waals surface area contributed by atoms with E-state index in [1.165, 1.54) is 0 Å². The van der Waals surface area contributed by atoms with Gasteiger partial charge in [0.05, 0.1) is 12.8 Å². The third-order valence-electron chi connectivity index (χ3n) is 4.01. The molecule has 3 heteroatoms. The molecule has 1 aromatic heterocycles. The number of likely N-dealkylation sites (N-methyl/N-ethyl adjacent to an activating group) is 1. The van der Waals surface area contributed by atoms with Gasteiger partial charge in [0.15, 0.2) is 0 Å². The first-order valence-electron chi connectivity index (χ1n) is 6.38. The monoisotopic (exact) mass is 238 g/mol. The summed E-state index contributed by atoms with van der Waals surface area (Å²) in [6.07, 6.45) is 1.72. The Hall–Kier alpha value is -0.800. The van der Waals surface area contributed by atoms with Gasteiger partial charge in [-0.2, -0.15) is 0 Å². The van der Waals surface area contributed by atoms with E-state index in [1.54, 1.807) is 6.26 Å². The minimum absolute atomic E-state index is 0.0206. The van der Waals surface area contributed by atoms with Gasteiger partial charge >= 0.3 is 0 Å². The van der Waals surface area contributed by atoms with Crippen LogP contribution >= 0.6 is 0 Å². The molecule has 3 nitrogen and oxygen atoms in total. The van der Waals surface area contributed by atoms with Crippen molar-refractivity contribution in [3.05, 3.63) is 24.2 Å². The SMILES string of the molecule is CC(C)C(CN)(C(C)C)N(C)Cc1ccco1. The van der Waals surface area contributed by atoms with Crippen molar-refractivity contribution >= 4 is 0 Å². The summed E-state index contributed by atoms with van der Waals surface area (Å²) in [4.78, 5) is 2.33. The Morgan fingerprint density at radius 3 is 2.24 bits per heavy atom. The van der Waals surface area contributed by atoms with Crippen molar-refractivity contribution in [2.24, 2.45) is 17.6 Å². The Labute approximate surface area is 105 Å². The zero-order chi connectivity index (χ0) is 13.1. The number of hydrogen-bond donors (Lipinski definition) is 1. The number of hydrogen-bond acceptors (Lipinski definition) is 3. The van der Waals surface area contributed by atoms with E-state index in [0.29, 0.717) is 18.4 Å². The molecule has 0 aliphatic carbocycles. The summed E-state index contributed by atoms with van der Waals surface area (Å²) >= 11 is 0. The molecule has 0 amide bonds. The fraction of sp³-hybridized carbons (Fsp3) is 0.714. The molecule has 0 atom stereocenters. The van der Waals surface area contributed by atoms with Gasteiger partial charge in [-0.25, -0.2) is 0 Å². The van der Waals surface area contributed by atoms with Gasteiger partial charge in [-0.3, -0.25) is 4.90 Å². The maximum absolute atomic E-state index is 6.07. The summed E-state index contributed by atoms with van der Waals surface area (Å²) in [6.45, 7) is 10.4. The lowest BCUT2D eigenvalue weighted by molar-refractivity contribution is 0.0211. The first-order chi connectivity index (χ1) is 7.95. The second kappa shape index (κ2) is 5.69. The van der Waals surface area contributed by atoms with Crippen LogP contribution in [0, 0.1) is 11.8 Å². The molecule has 0 unspecified atom stereocenters. The molecule has 0 aromatic carbocycles. The summed E-state index contributed by atoms with van der Waals surface area (Å²) in [7, 11) is 2.13. The predicted molar refractivity (Wildman–Crippen MR) is 71.6 cm³/mol. The highest BCUT2D eigenvalue weighted by Crippen LogP contribution is 2.32. The highest BCUT2D eigenvalue weighted by Gasteiger charge is 2.39. The van der Waals surface area contributed by atoms with Crippen molar-refractivity contribution in [2.75, 3.05) is 13.6 Å². The van der Waals surface area contributed by atoms with E-state index in [0.717, 1.165) is 12.3 Å². The minimum Gasteiger partial charge on any atom is -0.468 e.